The fourth-order valence-electron chi connectivity index (χ4n) is 2.94. The quantitative estimate of drug-likeness (QED) is 0.673. The Morgan fingerprint density at radius 3 is 2.70 bits per heavy atom. The summed E-state index contributed by atoms with van der Waals surface area (Å²) in [5.41, 5.74) is 6.41. The van der Waals surface area contributed by atoms with Crippen LogP contribution in [0.15, 0.2) is 24.5 Å². The summed E-state index contributed by atoms with van der Waals surface area (Å²) >= 11 is 18.1. The average Bonchev–Trinajstić information content (AvgIpc) is 2.63. The van der Waals surface area contributed by atoms with Crippen LogP contribution in [0.5, 0.6) is 0 Å². The predicted octanol–water partition coefficient (Wildman–Crippen LogP) is 3.53. The van der Waals surface area contributed by atoms with E-state index in [1.165, 1.54) is 6.33 Å². The number of hydrogen-bond donors (Lipinski definition) is 3. The van der Waals surface area contributed by atoms with E-state index in [1.54, 1.807) is 23.1 Å². The summed E-state index contributed by atoms with van der Waals surface area (Å²) in [5.74, 6) is 0.698. The molecule has 2 heterocycles. The van der Waals surface area contributed by atoms with Crippen LogP contribution in [0.3, 0.4) is 0 Å². The first-order valence-corrected chi connectivity index (χ1v) is 9.56. The number of carbonyl (C=O) groups is 1. The van der Waals surface area contributed by atoms with Crippen LogP contribution >= 0.6 is 34.8 Å². The van der Waals surface area contributed by atoms with Crippen LogP contribution in [-0.2, 0) is 4.79 Å². The number of nitrogens with zero attached hydrogens (tertiary/aromatic N) is 3. The van der Waals surface area contributed by atoms with Crippen molar-refractivity contribution in [2.45, 2.75) is 18.9 Å². The van der Waals surface area contributed by atoms with E-state index >= 15 is 0 Å². The van der Waals surface area contributed by atoms with Crippen LogP contribution in [0.2, 0.25) is 15.1 Å². The van der Waals surface area contributed by atoms with E-state index in [4.69, 9.17) is 40.5 Å². The van der Waals surface area contributed by atoms with Crippen molar-refractivity contribution in [3.8, 4) is 0 Å². The highest BCUT2D eigenvalue weighted by Crippen LogP contribution is 2.26. The zero-order valence-electron chi connectivity index (χ0n) is 14.4. The summed E-state index contributed by atoms with van der Waals surface area (Å²) in [6.45, 7) is 1.41. The van der Waals surface area contributed by atoms with Crippen molar-refractivity contribution in [3.05, 3.63) is 39.6 Å². The summed E-state index contributed by atoms with van der Waals surface area (Å²) < 4.78 is 0. The van der Waals surface area contributed by atoms with Crippen LogP contribution in [0.1, 0.15) is 12.8 Å². The Labute approximate surface area is 172 Å². The van der Waals surface area contributed by atoms with Gasteiger partial charge in [0.05, 0.1) is 6.54 Å². The summed E-state index contributed by atoms with van der Waals surface area (Å²) in [6, 6.07) is 5.13. The van der Waals surface area contributed by atoms with Crippen LogP contribution in [0.4, 0.5) is 17.3 Å². The van der Waals surface area contributed by atoms with Gasteiger partial charge in [-0.25, -0.2) is 9.97 Å². The van der Waals surface area contributed by atoms with Gasteiger partial charge in [-0.15, -0.1) is 0 Å². The number of halogens is 3. The van der Waals surface area contributed by atoms with Gasteiger partial charge in [0.2, 0.25) is 5.91 Å². The molecule has 1 fully saturated rings. The SMILES string of the molecule is Nc1ncnc(N[C@@H]2CCCN(C(=O)CNc3cc(Cl)cc(Cl)c3)C2)c1Cl. The molecule has 0 unspecified atom stereocenters. The molecular weight excluding hydrogens is 411 g/mol. The van der Waals surface area contributed by atoms with Gasteiger partial charge in [0.25, 0.3) is 0 Å². The van der Waals surface area contributed by atoms with Crippen LogP contribution in [0, 0.1) is 0 Å². The molecule has 0 spiro atoms. The molecule has 1 atom stereocenters. The second kappa shape index (κ2) is 8.82. The Morgan fingerprint density at radius 2 is 1.96 bits per heavy atom. The molecule has 0 bridgehead atoms. The topological polar surface area (TPSA) is 96.2 Å². The number of anilines is 3. The summed E-state index contributed by atoms with van der Waals surface area (Å²) in [6.07, 6.45) is 3.14. The van der Waals surface area contributed by atoms with E-state index in [0.717, 1.165) is 12.8 Å². The number of benzene rings is 1. The fraction of sp³-hybridized carbons (Fsp3) is 0.353. The largest absolute Gasteiger partial charge is 0.382 e. The molecule has 27 heavy (non-hydrogen) atoms. The second-order valence-electron chi connectivity index (χ2n) is 6.26. The minimum Gasteiger partial charge on any atom is -0.382 e. The smallest absolute Gasteiger partial charge is 0.241 e. The van der Waals surface area contributed by atoms with Crippen molar-refractivity contribution in [1.29, 1.82) is 0 Å². The van der Waals surface area contributed by atoms with Gasteiger partial charge in [0, 0.05) is 34.9 Å². The monoisotopic (exact) mass is 428 g/mol. The lowest BCUT2D eigenvalue weighted by Crippen LogP contribution is -2.47. The zero-order chi connectivity index (χ0) is 19.4. The van der Waals surface area contributed by atoms with Gasteiger partial charge < -0.3 is 21.3 Å². The molecule has 7 nitrogen and oxygen atoms in total. The Kier molecular flexibility index (Phi) is 6.46. The van der Waals surface area contributed by atoms with Gasteiger partial charge in [-0.3, -0.25) is 4.79 Å². The standard InChI is InChI=1S/C17H19Cl3N6O/c18-10-4-11(19)6-13(5-10)22-7-14(27)26-3-1-2-12(8-26)25-17-15(20)16(21)23-9-24-17/h4-6,9,12,22H,1-3,7-8H2,(H3,21,23,24,25)/t12-/m1/s1. The molecule has 1 aromatic carbocycles. The van der Waals surface area contributed by atoms with E-state index < -0.39 is 0 Å². The van der Waals surface area contributed by atoms with Crippen molar-refractivity contribution < 1.29 is 4.79 Å². The van der Waals surface area contributed by atoms with Crippen molar-refractivity contribution in [2.24, 2.45) is 0 Å². The number of nitrogen functional groups attached to an aromatic ring is 1. The Morgan fingerprint density at radius 1 is 1.22 bits per heavy atom. The number of nitrogens with one attached hydrogen (secondary N) is 2. The molecule has 144 valence electrons. The zero-order valence-corrected chi connectivity index (χ0v) is 16.7. The Hall–Kier alpha value is -1.96. The Balaban J connectivity index is 1.57. The number of piperidine rings is 1. The van der Waals surface area contributed by atoms with Gasteiger partial charge in [0.1, 0.15) is 17.2 Å². The van der Waals surface area contributed by atoms with E-state index in [2.05, 4.69) is 20.6 Å². The first kappa shape index (κ1) is 19.8. The number of nitrogens with two attached hydrogens (primary N) is 1. The lowest BCUT2D eigenvalue weighted by atomic mass is 10.1. The van der Waals surface area contributed by atoms with E-state index in [-0.39, 0.29) is 24.3 Å². The summed E-state index contributed by atoms with van der Waals surface area (Å²) in [5, 5.41) is 7.64. The van der Waals surface area contributed by atoms with Crippen molar-refractivity contribution in [2.75, 3.05) is 36.0 Å². The van der Waals surface area contributed by atoms with E-state index in [9.17, 15) is 4.79 Å². The highest BCUT2D eigenvalue weighted by atomic mass is 35.5. The third-order valence-corrected chi connectivity index (χ3v) is 5.05. The number of aromatic nitrogens is 2. The maximum atomic E-state index is 12.6. The third kappa shape index (κ3) is 5.28. The minimum absolute atomic E-state index is 0.00843. The molecule has 0 saturated carbocycles. The molecular formula is C17H19Cl3N6O. The molecule has 1 amide bonds. The molecule has 1 saturated heterocycles. The number of rotatable bonds is 5. The van der Waals surface area contributed by atoms with E-state index in [1.807, 2.05) is 0 Å². The number of hydrogen-bond acceptors (Lipinski definition) is 6. The normalized spacial score (nSPS) is 16.9. The minimum atomic E-state index is -0.00843. The second-order valence-corrected chi connectivity index (χ2v) is 7.51. The molecule has 0 aliphatic carbocycles. The van der Waals surface area contributed by atoms with Gasteiger partial charge in [-0.2, -0.15) is 0 Å². The molecule has 4 N–H and O–H groups in total. The van der Waals surface area contributed by atoms with Gasteiger partial charge in [-0.05, 0) is 31.0 Å². The van der Waals surface area contributed by atoms with Crippen molar-refractivity contribution in [1.82, 2.24) is 14.9 Å². The average molecular weight is 430 g/mol. The maximum Gasteiger partial charge on any atom is 0.241 e. The fourth-order valence-corrected chi connectivity index (χ4v) is 3.62. The lowest BCUT2D eigenvalue weighted by molar-refractivity contribution is -0.130. The van der Waals surface area contributed by atoms with Crippen molar-refractivity contribution >= 4 is 58.0 Å². The molecule has 1 aliphatic rings. The number of likely N-dealkylation sites (tertiary alicyclic amines) is 1. The Bertz CT molecular complexity index is 814. The maximum absolute atomic E-state index is 12.6. The predicted molar refractivity (Wildman–Crippen MR) is 110 cm³/mol. The first-order valence-electron chi connectivity index (χ1n) is 8.42. The molecule has 2 aromatic rings. The summed E-state index contributed by atoms with van der Waals surface area (Å²) in [7, 11) is 0. The van der Waals surface area contributed by atoms with Crippen molar-refractivity contribution in [3.63, 3.8) is 0 Å². The molecule has 10 heteroatoms. The van der Waals surface area contributed by atoms with Gasteiger partial charge >= 0.3 is 0 Å². The third-order valence-electron chi connectivity index (χ3n) is 4.24. The van der Waals surface area contributed by atoms with Gasteiger partial charge in [-0.1, -0.05) is 34.8 Å². The number of carbonyl (C=O) groups excluding carboxylic acids is 1. The number of amides is 1. The molecule has 1 aliphatic heterocycles. The first-order chi connectivity index (χ1) is 12.9. The molecule has 1 aromatic heterocycles. The van der Waals surface area contributed by atoms with Gasteiger partial charge in [0.15, 0.2) is 5.82 Å². The van der Waals surface area contributed by atoms with Crippen LogP contribution in [-0.4, -0.2) is 46.5 Å². The summed E-state index contributed by atoms with van der Waals surface area (Å²) in [4.78, 5) is 22.3. The molecule has 3 rings (SSSR count). The molecule has 0 radical (unpaired) electrons. The highest BCUT2D eigenvalue weighted by Gasteiger charge is 2.24. The van der Waals surface area contributed by atoms with Crippen LogP contribution in [0.25, 0.3) is 0 Å². The lowest BCUT2D eigenvalue weighted by Gasteiger charge is -2.33. The highest BCUT2D eigenvalue weighted by molar-refractivity contribution is 6.35. The van der Waals surface area contributed by atoms with E-state index in [0.29, 0.717) is 39.7 Å². The van der Waals surface area contributed by atoms with Crippen LogP contribution < -0.4 is 16.4 Å².